The number of nitrogens with one attached hydrogen (secondary N) is 2. The van der Waals surface area contributed by atoms with E-state index in [1.54, 1.807) is 0 Å². The lowest BCUT2D eigenvalue weighted by Gasteiger charge is -2.32. The summed E-state index contributed by atoms with van der Waals surface area (Å²) in [5, 5.41) is 9.55. The number of likely N-dealkylation sites (tertiary alicyclic amines) is 1. The molecule has 146 valence electrons. The molecule has 0 bridgehead atoms. The molecule has 0 radical (unpaired) electrons. The first-order valence-corrected chi connectivity index (χ1v) is 10.8. The maximum atomic E-state index is 5.82. The topological polar surface area (TPSA) is 52.6 Å². The van der Waals surface area contributed by atoms with Crippen LogP contribution in [-0.4, -0.2) is 49.1 Å². The molecule has 0 atom stereocenters. The third kappa shape index (κ3) is 6.79. The molecule has 0 aromatic carbocycles. The minimum absolute atomic E-state index is 0.533. The van der Waals surface area contributed by atoms with Crippen molar-refractivity contribution in [3.05, 3.63) is 51.4 Å². The number of rotatable bonds is 7. The molecule has 1 fully saturated rings. The molecular formula is C20H28ClN5S. The van der Waals surface area contributed by atoms with E-state index in [9.17, 15) is 0 Å². The summed E-state index contributed by atoms with van der Waals surface area (Å²) >= 11 is 7.67. The first-order valence-electron chi connectivity index (χ1n) is 9.52. The van der Waals surface area contributed by atoms with Gasteiger partial charge in [-0.1, -0.05) is 23.7 Å². The molecule has 1 saturated heterocycles. The molecule has 0 aliphatic carbocycles. The Morgan fingerprint density at radius 2 is 2.15 bits per heavy atom. The van der Waals surface area contributed by atoms with Crippen LogP contribution < -0.4 is 10.6 Å². The minimum atomic E-state index is 0.533. The van der Waals surface area contributed by atoms with Crippen molar-refractivity contribution in [3.63, 3.8) is 0 Å². The van der Waals surface area contributed by atoms with Crippen LogP contribution in [0, 0.1) is 5.92 Å². The van der Waals surface area contributed by atoms with E-state index in [0.717, 1.165) is 32.0 Å². The number of aliphatic imine (C=N–C) groups is 1. The van der Waals surface area contributed by atoms with Crippen molar-refractivity contribution in [2.24, 2.45) is 10.9 Å². The summed E-state index contributed by atoms with van der Waals surface area (Å²) in [6.45, 7) is 5.26. The number of thiophene rings is 1. The predicted octanol–water partition coefficient (Wildman–Crippen LogP) is 3.42. The van der Waals surface area contributed by atoms with Gasteiger partial charge in [-0.15, -0.1) is 11.3 Å². The maximum absolute atomic E-state index is 5.82. The van der Waals surface area contributed by atoms with E-state index in [1.165, 1.54) is 36.4 Å². The summed E-state index contributed by atoms with van der Waals surface area (Å²) in [5.74, 6) is 1.58. The van der Waals surface area contributed by atoms with Gasteiger partial charge >= 0.3 is 0 Å². The highest BCUT2D eigenvalue weighted by molar-refractivity contribution is 7.09. The van der Waals surface area contributed by atoms with Gasteiger partial charge in [-0.05, 0) is 61.3 Å². The lowest BCUT2D eigenvalue weighted by Crippen LogP contribution is -2.43. The Labute approximate surface area is 170 Å². The predicted molar refractivity (Wildman–Crippen MR) is 115 cm³/mol. The van der Waals surface area contributed by atoms with Crippen molar-refractivity contribution in [3.8, 4) is 0 Å². The third-order valence-electron chi connectivity index (χ3n) is 4.94. The fourth-order valence-corrected chi connectivity index (χ4v) is 4.17. The lowest BCUT2D eigenvalue weighted by molar-refractivity contribution is 0.179. The van der Waals surface area contributed by atoms with E-state index in [1.807, 2.05) is 36.7 Å². The van der Waals surface area contributed by atoms with Crippen LogP contribution in [0.2, 0.25) is 5.15 Å². The summed E-state index contributed by atoms with van der Waals surface area (Å²) in [6.07, 6.45) is 5.20. The lowest BCUT2D eigenvalue weighted by atomic mass is 9.97. The molecule has 1 aliphatic rings. The Balaban J connectivity index is 1.32. The number of pyridine rings is 1. The second kappa shape index (κ2) is 10.6. The first kappa shape index (κ1) is 20.1. The Hall–Kier alpha value is -1.63. The van der Waals surface area contributed by atoms with Crippen molar-refractivity contribution >= 4 is 28.9 Å². The van der Waals surface area contributed by atoms with Crippen LogP contribution >= 0.6 is 22.9 Å². The largest absolute Gasteiger partial charge is 0.356 e. The van der Waals surface area contributed by atoms with E-state index < -0.39 is 0 Å². The van der Waals surface area contributed by atoms with Gasteiger partial charge in [0.1, 0.15) is 5.15 Å². The Kier molecular flexibility index (Phi) is 7.93. The van der Waals surface area contributed by atoms with Gasteiger partial charge in [0.25, 0.3) is 0 Å². The normalized spacial score (nSPS) is 16.4. The van der Waals surface area contributed by atoms with E-state index in [0.29, 0.717) is 11.1 Å². The molecule has 7 heteroatoms. The van der Waals surface area contributed by atoms with E-state index in [2.05, 4.69) is 43.0 Å². The highest BCUT2D eigenvalue weighted by Gasteiger charge is 2.19. The van der Waals surface area contributed by atoms with Gasteiger partial charge in [-0.2, -0.15) is 0 Å². The smallest absolute Gasteiger partial charge is 0.190 e. The molecule has 0 saturated carbocycles. The molecule has 2 aromatic rings. The number of nitrogens with zero attached hydrogens (tertiary/aromatic N) is 3. The van der Waals surface area contributed by atoms with E-state index >= 15 is 0 Å². The van der Waals surface area contributed by atoms with Crippen LogP contribution in [0.3, 0.4) is 0 Å². The Morgan fingerprint density at radius 3 is 2.81 bits per heavy atom. The highest BCUT2D eigenvalue weighted by Crippen LogP contribution is 2.20. The van der Waals surface area contributed by atoms with Gasteiger partial charge in [0.05, 0.1) is 0 Å². The van der Waals surface area contributed by atoms with E-state index in [-0.39, 0.29) is 0 Å². The summed E-state index contributed by atoms with van der Waals surface area (Å²) in [6, 6.07) is 8.21. The zero-order chi connectivity index (χ0) is 18.9. The second-order valence-electron chi connectivity index (χ2n) is 6.92. The van der Waals surface area contributed by atoms with Crippen LogP contribution in [0.25, 0.3) is 0 Å². The van der Waals surface area contributed by atoms with Gasteiger partial charge in [0.2, 0.25) is 0 Å². The van der Waals surface area contributed by atoms with Crippen molar-refractivity contribution in [2.75, 3.05) is 33.2 Å². The molecular weight excluding hydrogens is 378 g/mol. The van der Waals surface area contributed by atoms with Crippen molar-refractivity contribution in [1.82, 2.24) is 20.5 Å². The van der Waals surface area contributed by atoms with Crippen LogP contribution in [0.4, 0.5) is 0 Å². The van der Waals surface area contributed by atoms with Gasteiger partial charge < -0.3 is 10.6 Å². The van der Waals surface area contributed by atoms with Crippen molar-refractivity contribution in [1.29, 1.82) is 0 Å². The fourth-order valence-electron chi connectivity index (χ4n) is 3.31. The molecule has 2 aromatic heterocycles. The van der Waals surface area contributed by atoms with E-state index in [4.69, 9.17) is 11.6 Å². The molecule has 2 N–H and O–H groups in total. The number of hydrogen-bond donors (Lipinski definition) is 2. The molecule has 27 heavy (non-hydrogen) atoms. The summed E-state index contributed by atoms with van der Waals surface area (Å²) in [4.78, 5) is 12.5. The van der Waals surface area contributed by atoms with Gasteiger partial charge in [0, 0.05) is 37.8 Å². The molecule has 0 amide bonds. The van der Waals surface area contributed by atoms with Crippen LogP contribution in [0.5, 0.6) is 0 Å². The molecule has 0 spiro atoms. The minimum Gasteiger partial charge on any atom is -0.356 e. The Morgan fingerprint density at radius 1 is 1.30 bits per heavy atom. The zero-order valence-corrected chi connectivity index (χ0v) is 17.4. The number of halogens is 1. The summed E-state index contributed by atoms with van der Waals surface area (Å²) in [7, 11) is 1.82. The number of hydrogen-bond acceptors (Lipinski definition) is 4. The number of aromatic nitrogens is 1. The monoisotopic (exact) mass is 405 g/mol. The first-order chi connectivity index (χ1) is 13.2. The second-order valence-corrected chi connectivity index (χ2v) is 8.34. The zero-order valence-electron chi connectivity index (χ0n) is 15.8. The van der Waals surface area contributed by atoms with Crippen molar-refractivity contribution in [2.45, 2.75) is 25.8 Å². The van der Waals surface area contributed by atoms with Crippen LogP contribution in [0.1, 0.15) is 23.3 Å². The summed E-state index contributed by atoms with van der Waals surface area (Å²) in [5.41, 5.74) is 1.17. The highest BCUT2D eigenvalue weighted by atomic mass is 35.5. The molecule has 3 heterocycles. The van der Waals surface area contributed by atoms with Gasteiger partial charge in [0.15, 0.2) is 5.96 Å². The quantitative estimate of drug-likeness (QED) is 0.421. The average Bonchev–Trinajstić information content (AvgIpc) is 3.20. The van der Waals surface area contributed by atoms with Crippen LogP contribution in [-0.2, 0) is 13.0 Å². The van der Waals surface area contributed by atoms with Crippen LogP contribution in [0.15, 0.2) is 40.8 Å². The summed E-state index contributed by atoms with van der Waals surface area (Å²) < 4.78 is 0. The van der Waals surface area contributed by atoms with Crippen molar-refractivity contribution < 1.29 is 0 Å². The number of piperidine rings is 1. The average molecular weight is 406 g/mol. The van der Waals surface area contributed by atoms with Gasteiger partial charge in [-0.25, -0.2) is 4.98 Å². The van der Waals surface area contributed by atoms with Gasteiger partial charge in [-0.3, -0.25) is 9.89 Å². The maximum Gasteiger partial charge on any atom is 0.190 e. The Bertz CT molecular complexity index is 694. The third-order valence-corrected chi connectivity index (χ3v) is 6.03. The fraction of sp³-hybridized carbons (Fsp3) is 0.500. The molecule has 5 nitrogen and oxygen atoms in total. The molecule has 1 aliphatic heterocycles. The standard InChI is InChI=1S/C20H28ClN5S/c1-22-20(23-9-6-16-4-5-19(21)24-13-16)25-14-17-7-10-26(11-8-17)15-18-3-2-12-27-18/h2-5,12-13,17H,6-11,14-15H2,1H3,(H2,22,23,25). The molecule has 0 unspecified atom stereocenters. The number of guanidine groups is 1. The SMILES string of the molecule is CN=C(NCCc1ccc(Cl)nc1)NCC1CCN(Cc2cccs2)CC1. The molecule has 3 rings (SSSR count).